The van der Waals surface area contributed by atoms with Crippen LogP contribution >= 0.6 is 11.6 Å². The lowest BCUT2D eigenvalue weighted by molar-refractivity contribution is -0.143. The Balaban J connectivity index is 3.01. The lowest BCUT2D eigenvalue weighted by atomic mass is 10.2. The molecule has 19 heavy (non-hydrogen) atoms. The third kappa shape index (κ3) is 4.39. The van der Waals surface area contributed by atoms with Crippen molar-refractivity contribution in [3.05, 3.63) is 21.6 Å². The Morgan fingerprint density at radius 3 is 2.68 bits per heavy atom. The van der Waals surface area contributed by atoms with Crippen LogP contribution in [0.3, 0.4) is 0 Å². The van der Waals surface area contributed by atoms with E-state index in [-0.39, 0.29) is 21.4 Å². The van der Waals surface area contributed by atoms with Gasteiger partial charge < -0.3 is 11.1 Å². The van der Waals surface area contributed by atoms with Gasteiger partial charge in [0.15, 0.2) is 0 Å². The summed E-state index contributed by atoms with van der Waals surface area (Å²) in [7, 11) is 0. The van der Waals surface area contributed by atoms with Crippen LogP contribution in [0.1, 0.15) is 13.3 Å². The van der Waals surface area contributed by atoms with E-state index >= 15 is 0 Å². The number of nitrogens with two attached hydrogens (primary N) is 1. The second-order valence-electron chi connectivity index (χ2n) is 3.94. The van der Waals surface area contributed by atoms with Crippen molar-refractivity contribution in [1.29, 1.82) is 0 Å². The van der Waals surface area contributed by atoms with Crippen molar-refractivity contribution in [3.8, 4) is 0 Å². The summed E-state index contributed by atoms with van der Waals surface area (Å²) in [4.78, 5) is 11.6. The molecule has 0 radical (unpaired) electrons. The molecule has 0 saturated heterocycles. The number of anilines is 1. The fourth-order valence-corrected chi connectivity index (χ4v) is 1.60. The zero-order valence-corrected chi connectivity index (χ0v) is 10.9. The van der Waals surface area contributed by atoms with Gasteiger partial charge >= 0.3 is 6.18 Å². The molecule has 0 saturated carbocycles. The molecule has 0 aliphatic rings. The molecule has 108 valence electrons. The molecule has 0 bridgehead atoms. The van der Waals surface area contributed by atoms with Crippen LogP contribution < -0.4 is 16.6 Å². The van der Waals surface area contributed by atoms with E-state index in [0.29, 0.717) is 13.0 Å². The number of alkyl halides is 3. The molecule has 1 unspecified atom stereocenters. The predicted molar refractivity (Wildman–Crippen MR) is 66.3 cm³/mol. The van der Waals surface area contributed by atoms with Crippen LogP contribution in [0.2, 0.25) is 5.02 Å². The molecule has 0 amide bonds. The molecule has 1 aromatic heterocycles. The summed E-state index contributed by atoms with van der Waals surface area (Å²) < 4.78 is 36.9. The van der Waals surface area contributed by atoms with Gasteiger partial charge in [-0.05, 0) is 6.42 Å². The SMILES string of the molecule is CCC(CN)Nc1cnn(CC(F)(F)F)c(=O)c1Cl. The largest absolute Gasteiger partial charge is 0.408 e. The number of hydrogen-bond donors (Lipinski definition) is 2. The molecule has 1 atom stereocenters. The minimum atomic E-state index is -4.53. The molecular formula is C10H14ClF3N4O. The van der Waals surface area contributed by atoms with Gasteiger partial charge in [0.2, 0.25) is 0 Å². The third-order valence-corrected chi connectivity index (χ3v) is 2.82. The molecule has 1 heterocycles. The number of aromatic nitrogens is 2. The first-order valence-corrected chi connectivity index (χ1v) is 5.95. The van der Waals surface area contributed by atoms with Crippen LogP contribution in [-0.4, -0.2) is 28.5 Å². The highest BCUT2D eigenvalue weighted by Gasteiger charge is 2.29. The third-order valence-electron chi connectivity index (χ3n) is 2.45. The summed E-state index contributed by atoms with van der Waals surface area (Å²) in [5.41, 5.74) is 4.67. The van der Waals surface area contributed by atoms with E-state index in [4.69, 9.17) is 17.3 Å². The number of nitrogens with one attached hydrogen (secondary N) is 1. The van der Waals surface area contributed by atoms with Crippen LogP contribution in [0.15, 0.2) is 11.0 Å². The van der Waals surface area contributed by atoms with E-state index < -0.39 is 18.3 Å². The van der Waals surface area contributed by atoms with Crippen LogP contribution in [0.5, 0.6) is 0 Å². The maximum absolute atomic E-state index is 12.2. The summed E-state index contributed by atoms with van der Waals surface area (Å²) in [6.45, 7) is 0.704. The number of hydrogen-bond acceptors (Lipinski definition) is 4. The van der Waals surface area contributed by atoms with Crippen molar-refractivity contribution in [2.24, 2.45) is 5.73 Å². The van der Waals surface area contributed by atoms with Gasteiger partial charge in [0.25, 0.3) is 5.56 Å². The molecule has 3 N–H and O–H groups in total. The molecule has 0 spiro atoms. The molecule has 5 nitrogen and oxygen atoms in total. The number of nitrogens with zero attached hydrogens (tertiary/aromatic N) is 2. The summed E-state index contributed by atoms with van der Waals surface area (Å²) in [6, 6.07) is -0.128. The minimum Gasteiger partial charge on any atom is -0.378 e. The van der Waals surface area contributed by atoms with Gasteiger partial charge in [-0.15, -0.1) is 0 Å². The zero-order chi connectivity index (χ0) is 14.6. The lowest BCUT2D eigenvalue weighted by Gasteiger charge is -2.17. The van der Waals surface area contributed by atoms with Gasteiger partial charge in [-0.3, -0.25) is 4.79 Å². The van der Waals surface area contributed by atoms with Gasteiger partial charge in [0.05, 0.1) is 11.9 Å². The van der Waals surface area contributed by atoms with E-state index in [2.05, 4.69) is 10.4 Å². The second kappa shape index (κ2) is 6.25. The van der Waals surface area contributed by atoms with Gasteiger partial charge in [-0.1, -0.05) is 18.5 Å². The molecule has 0 aromatic carbocycles. The lowest BCUT2D eigenvalue weighted by Crippen LogP contribution is -2.33. The van der Waals surface area contributed by atoms with Crippen molar-refractivity contribution in [1.82, 2.24) is 9.78 Å². The van der Waals surface area contributed by atoms with Gasteiger partial charge in [-0.25, -0.2) is 4.68 Å². The van der Waals surface area contributed by atoms with Crippen molar-refractivity contribution >= 4 is 17.3 Å². The molecule has 0 aliphatic heterocycles. The van der Waals surface area contributed by atoms with Gasteiger partial charge in [-0.2, -0.15) is 18.3 Å². The van der Waals surface area contributed by atoms with Gasteiger partial charge in [0.1, 0.15) is 11.6 Å². The van der Waals surface area contributed by atoms with Crippen LogP contribution in [-0.2, 0) is 6.54 Å². The fraction of sp³-hybridized carbons (Fsp3) is 0.600. The molecular weight excluding hydrogens is 285 g/mol. The normalized spacial score (nSPS) is 13.4. The van der Waals surface area contributed by atoms with E-state index in [1.54, 1.807) is 0 Å². The zero-order valence-electron chi connectivity index (χ0n) is 10.2. The summed E-state index contributed by atoms with van der Waals surface area (Å²) in [6.07, 6.45) is -2.76. The smallest absolute Gasteiger partial charge is 0.378 e. The van der Waals surface area contributed by atoms with Crippen molar-refractivity contribution < 1.29 is 13.2 Å². The molecule has 1 rings (SSSR count). The first kappa shape index (κ1) is 15.8. The van der Waals surface area contributed by atoms with Crippen molar-refractivity contribution in [3.63, 3.8) is 0 Å². The molecule has 1 aromatic rings. The number of rotatable bonds is 5. The second-order valence-corrected chi connectivity index (χ2v) is 4.31. The number of halogens is 4. The Kier molecular flexibility index (Phi) is 5.19. The monoisotopic (exact) mass is 298 g/mol. The highest BCUT2D eigenvalue weighted by molar-refractivity contribution is 6.32. The summed E-state index contributed by atoms with van der Waals surface area (Å²) in [5, 5.41) is 5.98. The van der Waals surface area contributed by atoms with Crippen molar-refractivity contribution in [2.45, 2.75) is 32.1 Å². The Morgan fingerprint density at radius 1 is 1.58 bits per heavy atom. The average molecular weight is 299 g/mol. The standard InChI is InChI=1S/C10H14ClF3N4O/c1-2-6(3-15)17-7-4-16-18(5-10(12,13)14)9(19)8(7)11/h4,6,17H,2-3,5,15H2,1H3. The Bertz CT molecular complexity index is 485. The van der Waals surface area contributed by atoms with Gasteiger partial charge in [0, 0.05) is 12.6 Å². The summed E-state index contributed by atoms with van der Waals surface area (Å²) >= 11 is 5.74. The highest BCUT2D eigenvalue weighted by Crippen LogP contribution is 2.19. The summed E-state index contributed by atoms with van der Waals surface area (Å²) in [5.74, 6) is 0. The maximum atomic E-state index is 12.2. The molecule has 9 heteroatoms. The van der Waals surface area contributed by atoms with Crippen molar-refractivity contribution in [2.75, 3.05) is 11.9 Å². The van der Waals surface area contributed by atoms with E-state index in [0.717, 1.165) is 6.20 Å². The minimum absolute atomic E-state index is 0.128. The first-order chi connectivity index (χ1) is 8.78. The Morgan fingerprint density at radius 2 is 2.21 bits per heavy atom. The van der Waals surface area contributed by atoms with Crippen LogP contribution in [0, 0.1) is 0 Å². The average Bonchev–Trinajstić information content (AvgIpc) is 2.33. The predicted octanol–water partition coefficient (Wildman–Crippen LogP) is 1.61. The maximum Gasteiger partial charge on any atom is 0.408 e. The Hall–Kier alpha value is -1.28. The highest BCUT2D eigenvalue weighted by atomic mass is 35.5. The molecule has 0 aliphatic carbocycles. The van der Waals surface area contributed by atoms with Crippen LogP contribution in [0.25, 0.3) is 0 Å². The van der Waals surface area contributed by atoms with E-state index in [1.807, 2.05) is 6.92 Å². The molecule has 0 fully saturated rings. The Labute approximate surface area is 112 Å². The quantitative estimate of drug-likeness (QED) is 0.866. The van der Waals surface area contributed by atoms with E-state index in [1.165, 1.54) is 0 Å². The van der Waals surface area contributed by atoms with Crippen LogP contribution in [0.4, 0.5) is 18.9 Å². The van der Waals surface area contributed by atoms with E-state index in [9.17, 15) is 18.0 Å². The fourth-order valence-electron chi connectivity index (χ4n) is 1.40. The first-order valence-electron chi connectivity index (χ1n) is 5.57. The topological polar surface area (TPSA) is 72.9 Å².